The molecule has 1 saturated carbocycles. The molecule has 1 heterocycles. The van der Waals surface area contributed by atoms with Crippen molar-refractivity contribution in [1.29, 1.82) is 0 Å². The Kier molecular flexibility index (Phi) is 5.75. The zero-order chi connectivity index (χ0) is 26.4. The molecule has 9 nitrogen and oxygen atoms in total. The van der Waals surface area contributed by atoms with Gasteiger partial charge in [0.2, 0.25) is 11.8 Å². The number of nitrogens with zero attached hydrogens (tertiary/aromatic N) is 2. The van der Waals surface area contributed by atoms with Crippen molar-refractivity contribution in [3.63, 3.8) is 0 Å². The number of hydrogen-bond acceptors (Lipinski definition) is 7. The molecule has 6 rings (SSSR count). The minimum absolute atomic E-state index is 0.0197. The third-order valence-electron chi connectivity index (χ3n) is 7.41. The number of imide groups is 1. The monoisotopic (exact) mass is 510 g/mol. The van der Waals surface area contributed by atoms with Crippen LogP contribution in [-0.4, -0.2) is 22.7 Å². The Labute approximate surface area is 217 Å². The van der Waals surface area contributed by atoms with E-state index in [1.165, 1.54) is 29.2 Å². The zero-order valence-corrected chi connectivity index (χ0v) is 20.1. The fourth-order valence-electron chi connectivity index (χ4n) is 5.56. The first kappa shape index (κ1) is 23.6. The smallest absolute Gasteiger partial charge is 0.338 e. The van der Waals surface area contributed by atoms with Gasteiger partial charge in [-0.25, -0.2) is 4.79 Å². The summed E-state index contributed by atoms with van der Waals surface area (Å²) in [6.45, 7) is 0.0423. The van der Waals surface area contributed by atoms with Gasteiger partial charge in [-0.15, -0.1) is 0 Å². The van der Waals surface area contributed by atoms with Crippen molar-refractivity contribution in [2.75, 3.05) is 4.90 Å². The van der Waals surface area contributed by atoms with Crippen LogP contribution in [0.3, 0.4) is 0 Å². The first-order valence-corrected chi connectivity index (χ1v) is 12.2. The molecule has 1 aliphatic heterocycles. The van der Waals surface area contributed by atoms with Gasteiger partial charge in [0, 0.05) is 12.1 Å². The number of anilines is 1. The van der Waals surface area contributed by atoms with Crippen molar-refractivity contribution < 1.29 is 28.8 Å². The highest BCUT2D eigenvalue weighted by molar-refractivity contribution is 6.22. The van der Waals surface area contributed by atoms with Crippen molar-refractivity contribution in [1.82, 2.24) is 0 Å². The number of fused-ring (bicyclic) bond motifs is 5. The summed E-state index contributed by atoms with van der Waals surface area (Å²) >= 11 is 0. The third kappa shape index (κ3) is 4.11. The highest BCUT2D eigenvalue weighted by Gasteiger charge is 2.59. The van der Waals surface area contributed by atoms with E-state index in [0.29, 0.717) is 22.7 Å². The summed E-state index contributed by atoms with van der Waals surface area (Å²) in [5, 5.41) is 10.8. The number of carbonyl (C=O) groups excluding carboxylic acids is 3. The molecule has 0 N–H and O–H groups in total. The fraction of sp³-hybridized carbons (Fsp3) is 0.207. The highest BCUT2D eigenvalue weighted by atomic mass is 16.6. The number of nitro groups is 1. The molecular formula is C29H22N2O7. The number of nitro benzene ring substituents is 1. The van der Waals surface area contributed by atoms with Crippen LogP contribution in [0.1, 0.15) is 22.3 Å². The van der Waals surface area contributed by atoms with Gasteiger partial charge >= 0.3 is 5.97 Å². The van der Waals surface area contributed by atoms with Crippen LogP contribution in [0.25, 0.3) is 0 Å². The van der Waals surface area contributed by atoms with E-state index in [1.807, 2.05) is 0 Å². The lowest BCUT2D eigenvalue weighted by molar-refractivity contribution is -0.384. The molecule has 38 heavy (non-hydrogen) atoms. The van der Waals surface area contributed by atoms with Crippen LogP contribution in [0.15, 0.2) is 84.9 Å². The van der Waals surface area contributed by atoms with E-state index in [4.69, 9.17) is 9.47 Å². The highest BCUT2D eigenvalue weighted by Crippen LogP contribution is 2.53. The van der Waals surface area contributed by atoms with Crippen LogP contribution in [0.4, 0.5) is 11.4 Å². The molecule has 2 fully saturated rings. The van der Waals surface area contributed by atoms with Crippen LogP contribution in [0, 0.1) is 33.8 Å². The number of benzene rings is 3. The molecule has 0 radical (unpaired) electrons. The van der Waals surface area contributed by atoms with E-state index in [2.05, 4.69) is 12.2 Å². The molecule has 0 spiro atoms. The Bertz CT molecular complexity index is 1430. The largest absolute Gasteiger partial charge is 0.457 e. The number of non-ortho nitro benzene ring substituents is 1. The second-order valence-corrected chi connectivity index (χ2v) is 9.63. The Hall–Kier alpha value is -4.79. The molecular weight excluding hydrogens is 488 g/mol. The van der Waals surface area contributed by atoms with E-state index in [9.17, 15) is 24.5 Å². The SMILES string of the molecule is O=C(OCc1ccc(Oc2ccc([N+](=O)[O-])cc2)cc1)c1ccc(N2C(=O)[C@@H]3[C@@H](C2=O)[C@H]2C=C[C@H]3C2)cc1. The lowest BCUT2D eigenvalue weighted by Gasteiger charge is -2.17. The maximum atomic E-state index is 13.0. The second-order valence-electron chi connectivity index (χ2n) is 9.63. The van der Waals surface area contributed by atoms with Gasteiger partial charge in [0.05, 0.1) is 28.0 Å². The predicted octanol–water partition coefficient (Wildman–Crippen LogP) is 5.06. The molecule has 3 aromatic rings. The standard InChI is InChI=1S/C29H22N2O7/c32-27-25-19-3-4-20(15-19)26(25)28(33)30(27)21-7-5-18(6-8-21)29(34)37-16-17-1-11-23(12-2-17)38-24-13-9-22(10-14-24)31(35)36/h1-14,19-20,25-26H,15-16H2/t19-,20-,25-,26-/m0/s1. The van der Waals surface area contributed by atoms with Crippen molar-refractivity contribution in [3.8, 4) is 11.5 Å². The van der Waals surface area contributed by atoms with Gasteiger partial charge < -0.3 is 9.47 Å². The van der Waals surface area contributed by atoms with Gasteiger partial charge in [-0.05, 0) is 72.4 Å². The number of amides is 2. The van der Waals surface area contributed by atoms with Gasteiger partial charge in [0.15, 0.2) is 0 Å². The lowest BCUT2D eigenvalue weighted by Crippen LogP contribution is -2.32. The molecule has 1 saturated heterocycles. The quantitative estimate of drug-likeness (QED) is 0.143. The molecule has 2 aliphatic carbocycles. The van der Waals surface area contributed by atoms with Crippen LogP contribution in [0.2, 0.25) is 0 Å². The fourth-order valence-corrected chi connectivity index (χ4v) is 5.56. The maximum Gasteiger partial charge on any atom is 0.338 e. The van der Waals surface area contributed by atoms with Crippen molar-refractivity contribution in [2.24, 2.45) is 23.7 Å². The van der Waals surface area contributed by atoms with Crippen LogP contribution < -0.4 is 9.64 Å². The molecule has 0 aromatic heterocycles. The molecule has 2 bridgehead atoms. The van der Waals surface area contributed by atoms with Crippen LogP contribution in [0.5, 0.6) is 11.5 Å². The van der Waals surface area contributed by atoms with Gasteiger partial charge in [0.1, 0.15) is 18.1 Å². The minimum atomic E-state index is -0.527. The summed E-state index contributed by atoms with van der Waals surface area (Å²) in [5.41, 5.74) is 1.50. The molecule has 2 amide bonds. The zero-order valence-electron chi connectivity index (χ0n) is 20.1. The van der Waals surface area contributed by atoms with Gasteiger partial charge in [0.25, 0.3) is 5.69 Å². The van der Waals surface area contributed by atoms with Crippen molar-refractivity contribution in [3.05, 3.63) is 106 Å². The normalized spacial score (nSPS) is 23.0. The van der Waals surface area contributed by atoms with Crippen molar-refractivity contribution >= 4 is 29.2 Å². The number of allylic oxidation sites excluding steroid dienone is 2. The van der Waals surface area contributed by atoms with E-state index in [-0.39, 0.29) is 47.8 Å². The van der Waals surface area contributed by atoms with Gasteiger partial charge in [-0.3, -0.25) is 24.6 Å². The average Bonchev–Trinajstić information content (AvgIpc) is 3.62. The molecule has 0 unspecified atom stereocenters. The Morgan fingerprint density at radius 3 is 1.95 bits per heavy atom. The van der Waals surface area contributed by atoms with E-state index in [0.717, 1.165) is 12.0 Å². The number of rotatable bonds is 7. The van der Waals surface area contributed by atoms with Crippen LogP contribution >= 0.6 is 0 Å². The summed E-state index contributed by atoms with van der Waals surface area (Å²) in [7, 11) is 0. The van der Waals surface area contributed by atoms with Crippen molar-refractivity contribution in [2.45, 2.75) is 13.0 Å². The van der Waals surface area contributed by atoms with Gasteiger partial charge in [-0.2, -0.15) is 0 Å². The molecule has 9 heteroatoms. The number of hydrogen-bond donors (Lipinski definition) is 0. The Morgan fingerprint density at radius 1 is 0.842 bits per heavy atom. The molecule has 3 aliphatic rings. The topological polar surface area (TPSA) is 116 Å². The molecule has 190 valence electrons. The van der Waals surface area contributed by atoms with E-state index < -0.39 is 10.9 Å². The van der Waals surface area contributed by atoms with Gasteiger partial charge in [-0.1, -0.05) is 24.3 Å². The minimum Gasteiger partial charge on any atom is -0.457 e. The number of esters is 1. The molecule has 4 atom stereocenters. The molecule has 3 aromatic carbocycles. The summed E-state index contributed by atoms with van der Waals surface area (Å²) < 4.78 is 11.1. The summed E-state index contributed by atoms with van der Waals surface area (Å²) in [6, 6.07) is 19.0. The van der Waals surface area contributed by atoms with Crippen LogP contribution in [-0.2, 0) is 20.9 Å². The van der Waals surface area contributed by atoms with E-state index in [1.54, 1.807) is 48.5 Å². The maximum absolute atomic E-state index is 13.0. The predicted molar refractivity (Wildman–Crippen MR) is 135 cm³/mol. The summed E-state index contributed by atoms with van der Waals surface area (Å²) in [4.78, 5) is 50.1. The number of carbonyl (C=O) groups is 3. The first-order chi connectivity index (χ1) is 18.4. The average molecular weight is 511 g/mol. The summed E-state index contributed by atoms with van der Waals surface area (Å²) in [6.07, 6.45) is 4.99. The second kappa shape index (κ2) is 9.26. The first-order valence-electron chi connectivity index (χ1n) is 12.2. The summed E-state index contributed by atoms with van der Waals surface area (Å²) in [5.74, 6) is -0.109. The lowest BCUT2D eigenvalue weighted by atomic mass is 9.85. The Balaban J connectivity index is 1.04. The van der Waals surface area contributed by atoms with E-state index >= 15 is 0 Å². The Morgan fingerprint density at radius 2 is 1.39 bits per heavy atom. The number of ether oxygens (including phenoxy) is 2. The third-order valence-corrected chi connectivity index (χ3v) is 7.41.